The molecule has 1 aliphatic rings. The normalized spacial score (nSPS) is 22.9. The second kappa shape index (κ2) is 4.85. The second-order valence-electron chi connectivity index (χ2n) is 4.16. The summed E-state index contributed by atoms with van der Waals surface area (Å²) >= 11 is 5.23. The summed E-state index contributed by atoms with van der Waals surface area (Å²) in [5, 5.41) is 1.20. The molecule has 1 amide bonds. The van der Waals surface area contributed by atoms with Gasteiger partial charge >= 0.3 is 0 Å². The Morgan fingerprint density at radius 3 is 2.75 bits per heavy atom. The van der Waals surface area contributed by atoms with Crippen molar-refractivity contribution in [1.82, 2.24) is 5.06 Å². The van der Waals surface area contributed by atoms with Gasteiger partial charge in [0.2, 0.25) is 5.91 Å². The van der Waals surface area contributed by atoms with Crippen LogP contribution in [0.1, 0.15) is 24.8 Å². The molecule has 16 heavy (non-hydrogen) atoms. The Balaban J connectivity index is 1.90. The zero-order valence-electron chi connectivity index (χ0n) is 9.10. The molecule has 2 rings (SSSR count). The summed E-state index contributed by atoms with van der Waals surface area (Å²) < 4.78 is 4.50. The summed E-state index contributed by atoms with van der Waals surface area (Å²) in [5.74, 6) is 0.841. The maximum atomic E-state index is 11.1. The summed E-state index contributed by atoms with van der Waals surface area (Å²) in [7, 11) is 0. The van der Waals surface area contributed by atoms with Crippen LogP contribution in [0, 0.1) is 5.92 Å². The van der Waals surface area contributed by atoms with Gasteiger partial charge < -0.3 is 0 Å². The minimum absolute atomic E-state index is 0.159. The summed E-state index contributed by atoms with van der Waals surface area (Å²) in [6.07, 6.45) is 1.09. The van der Waals surface area contributed by atoms with Crippen LogP contribution in [0.2, 0.25) is 0 Å². The van der Waals surface area contributed by atoms with E-state index in [0.29, 0.717) is 18.4 Å². The lowest BCUT2D eigenvalue weighted by atomic mass is 10.1. The van der Waals surface area contributed by atoms with E-state index in [1.165, 1.54) is 17.6 Å². The van der Waals surface area contributed by atoms with Crippen LogP contribution in [0.5, 0.6) is 0 Å². The highest BCUT2D eigenvalue weighted by Crippen LogP contribution is 2.47. The van der Waals surface area contributed by atoms with Gasteiger partial charge in [-0.15, -0.1) is 0 Å². The van der Waals surface area contributed by atoms with E-state index in [2.05, 4.69) is 16.5 Å². The van der Waals surface area contributed by atoms with Gasteiger partial charge in [-0.1, -0.05) is 30.3 Å². The fourth-order valence-electron chi connectivity index (χ4n) is 1.98. The van der Waals surface area contributed by atoms with Gasteiger partial charge in [-0.05, 0) is 23.8 Å². The van der Waals surface area contributed by atoms with E-state index in [4.69, 9.17) is 11.9 Å². The molecule has 4 heteroatoms. The molecule has 0 aromatic heterocycles. The molecule has 86 valence electrons. The number of carbonyl (C=O) groups excluding carboxylic acids is 1. The van der Waals surface area contributed by atoms with Gasteiger partial charge in [0.05, 0.1) is 18.4 Å². The average molecular weight is 240 g/mol. The number of hydrogen-bond acceptors (Lipinski definition) is 2. The Morgan fingerprint density at radius 2 is 2.19 bits per heavy atom. The smallest absolute Gasteiger partial charge is 0.244 e. The van der Waals surface area contributed by atoms with Crippen molar-refractivity contribution in [1.29, 1.82) is 0 Å². The molecular formula is C12H14ClNO2. The third-order valence-corrected chi connectivity index (χ3v) is 3.15. The highest BCUT2D eigenvalue weighted by molar-refractivity contribution is 6.07. The van der Waals surface area contributed by atoms with E-state index in [0.717, 1.165) is 6.42 Å². The third-order valence-electron chi connectivity index (χ3n) is 2.99. The first-order chi connectivity index (χ1) is 7.72. The minimum Gasteiger partial charge on any atom is -0.273 e. The van der Waals surface area contributed by atoms with Crippen LogP contribution in [0.4, 0.5) is 0 Å². The number of nitrogens with zero attached hydrogens (tertiary/aromatic N) is 1. The lowest BCUT2D eigenvalue weighted by molar-refractivity contribution is -0.154. The summed E-state index contributed by atoms with van der Waals surface area (Å²) in [6.45, 7) is 2.01. The molecule has 1 aromatic rings. The summed E-state index contributed by atoms with van der Waals surface area (Å²) in [6, 6.07) is 10.3. The Labute approximate surface area is 100 Å². The van der Waals surface area contributed by atoms with Crippen molar-refractivity contribution >= 4 is 17.8 Å². The number of halogens is 1. The number of hydrogen-bond donors (Lipinski definition) is 0. The molecule has 1 saturated carbocycles. The summed E-state index contributed by atoms with van der Waals surface area (Å²) in [4.78, 5) is 11.1. The number of benzene rings is 1. The van der Waals surface area contributed by atoms with Gasteiger partial charge in [0.1, 0.15) is 0 Å². The molecule has 0 saturated heterocycles. The van der Waals surface area contributed by atoms with Crippen molar-refractivity contribution in [3.63, 3.8) is 0 Å². The van der Waals surface area contributed by atoms with Crippen molar-refractivity contribution in [2.45, 2.75) is 19.3 Å². The average Bonchev–Trinajstić information content (AvgIpc) is 3.06. The standard InChI is InChI=1S/C12H14ClNO2/c1-9(15)14(16-13)8-11-7-12(11)10-5-3-2-4-6-10/h2-6,11-12H,7-8H2,1H3/t11-,12-/m0/s1. The maximum Gasteiger partial charge on any atom is 0.244 e. The Hall–Kier alpha value is -1.06. The molecule has 2 atom stereocenters. The van der Waals surface area contributed by atoms with E-state index in [1.54, 1.807) is 0 Å². The van der Waals surface area contributed by atoms with E-state index >= 15 is 0 Å². The SMILES string of the molecule is CC(=O)N(C[C@@H]1C[C@H]1c1ccccc1)OCl. The van der Waals surface area contributed by atoms with Gasteiger partial charge in [-0.2, -0.15) is 4.39 Å². The first kappa shape index (κ1) is 11.4. The van der Waals surface area contributed by atoms with Crippen LogP contribution in [0.25, 0.3) is 0 Å². The van der Waals surface area contributed by atoms with Crippen molar-refractivity contribution in [2.75, 3.05) is 6.54 Å². The fourth-order valence-corrected chi connectivity index (χ4v) is 2.13. The van der Waals surface area contributed by atoms with E-state index in [-0.39, 0.29) is 5.91 Å². The first-order valence-electron chi connectivity index (χ1n) is 5.34. The lowest BCUT2D eigenvalue weighted by Gasteiger charge is -2.14. The number of rotatable bonds is 4. The number of amides is 1. The van der Waals surface area contributed by atoms with Crippen LogP contribution < -0.4 is 0 Å². The van der Waals surface area contributed by atoms with Crippen molar-refractivity contribution in [3.05, 3.63) is 35.9 Å². The monoisotopic (exact) mass is 239 g/mol. The van der Waals surface area contributed by atoms with Crippen molar-refractivity contribution in [3.8, 4) is 0 Å². The van der Waals surface area contributed by atoms with Crippen LogP contribution >= 0.6 is 11.9 Å². The van der Waals surface area contributed by atoms with E-state index in [1.807, 2.05) is 18.2 Å². The molecule has 0 aliphatic heterocycles. The Kier molecular flexibility index (Phi) is 3.46. The molecule has 0 radical (unpaired) electrons. The van der Waals surface area contributed by atoms with Crippen LogP contribution in [-0.4, -0.2) is 17.5 Å². The van der Waals surface area contributed by atoms with Gasteiger partial charge in [0, 0.05) is 6.92 Å². The molecule has 0 N–H and O–H groups in total. The zero-order chi connectivity index (χ0) is 11.5. The largest absolute Gasteiger partial charge is 0.273 e. The third kappa shape index (κ3) is 2.54. The first-order valence-corrected chi connectivity index (χ1v) is 5.65. The Bertz CT molecular complexity index is 369. The highest BCUT2D eigenvalue weighted by atomic mass is 35.5. The molecule has 0 spiro atoms. The molecule has 0 bridgehead atoms. The zero-order valence-corrected chi connectivity index (χ0v) is 9.85. The molecule has 3 nitrogen and oxygen atoms in total. The highest BCUT2D eigenvalue weighted by Gasteiger charge is 2.40. The quantitative estimate of drug-likeness (QED) is 0.757. The Morgan fingerprint density at radius 1 is 1.50 bits per heavy atom. The van der Waals surface area contributed by atoms with Gasteiger partial charge in [0.25, 0.3) is 0 Å². The second-order valence-corrected chi connectivity index (χ2v) is 4.30. The topological polar surface area (TPSA) is 29.5 Å². The van der Waals surface area contributed by atoms with Gasteiger partial charge in [-0.25, -0.2) is 5.06 Å². The van der Waals surface area contributed by atoms with E-state index < -0.39 is 0 Å². The number of carbonyl (C=O) groups is 1. The molecule has 1 aliphatic carbocycles. The van der Waals surface area contributed by atoms with Crippen LogP contribution in [-0.2, 0) is 9.18 Å². The molecule has 0 heterocycles. The molecule has 1 fully saturated rings. The summed E-state index contributed by atoms with van der Waals surface area (Å²) in [5.41, 5.74) is 1.32. The minimum atomic E-state index is -0.159. The maximum absolute atomic E-state index is 11.1. The predicted molar refractivity (Wildman–Crippen MR) is 61.6 cm³/mol. The molecule has 0 unspecified atom stereocenters. The molecular weight excluding hydrogens is 226 g/mol. The van der Waals surface area contributed by atoms with Crippen molar-refractivity contribution in [2.24, 2.45) is 5.92 Å². The fraction of sp³-hybridized carbons (Fsp3) is 0.417. The van der Waals surface area contributed by atoms with Gasteiger partial charge in [-0.3, -0.25) is 4.79 Å². The van der Waals surface area contributed by atoms with Crippen LogP contribution in [0.15, 0.2) is 30.3 Å². The number of hydroxylamine groups is 2. The lowest BCUT2D eigenvalue weighted by Crippen LogP contribution is -2.28. The van der Waals surface area contributed by atoms with E-state index in [9.17, 15) is 4.79 Å². The predicted octanol–water partition coefficient (Wildman–Crippen LogP) is 2.72. The molecule has 1 aromatic carbocycles. The van der Waals surface area contributed by atoms with Crippen LogP contribution in [0.3, 0.4) is 0 Å². The van der Waals surface area contributed by atoms with Crippen molar-refractivity contribution < 1.29 is 9.18 Å². The van der Waals surface area contributed by atoms with Gasteiger partial charge in [0.15, 0.2) is 0 Å².